The summed E-state index contributed by atoms with van der Waals surface area (Å²) in [6.45, 7) is 5.89. The maximum Gasteiger partial charge on any atom is 0.271 e. The van der Waals surface area contributed by atoms with Crippen LogP contribution in [0.5, 0.6) is 0 Å². The minimum absolute atomic E-state index is 0.0789. The van der Waals surface area contributed by atoms with Crippen LogP contribution in [0.3, 0.4) is 0 Å². The number of nitrogens with one attached hydrogen (secondary N) is 1. The molecule has 0 saturated carbocycles. The van der Waals surface area contributed by atoms with E-state index in [1.54, 1.807) is 6.07 Å². The van der Waals surface area contributed by atoms with Crippen molar-refractivity contribution in [3.63, 3.8) is 0 Å². The summed E-state index contributed by atoms with van der Waals surface area (Å²) in [4.78, 5) is 17.7. The SMILES string of the molecule is Cc1sc(-c2ccccc2Cl)nc1C(=O)N[C@@H](CO)CC(C)C. The molecule has 0 saturated heterocycles. The first-order chi connectivity index (χ1) is 10.9. The van der Waals surface area contributed by atoms with Crippen LogP contribution in [0.15, 0.2) is 24.3 Å². The normalized spacial score (nSPS) is 12.4. The van der Waals surface area contributed by atoms with Gasteiger partial charge in [0.25, 0.3) is 5.91 Å². The predicted molar refractivity (Wildman–Crippen MR) is 95.1 cm³/mol. The van der Waals surface area contributed by atoms with Gasteiger partial charge in [0.15, 0.2) is 0 Å². The van der Waals surface area contributed by atoms with Gasteiger partial charge >= 0.3 is 0 Å². The molecule has 2 N–H and O–H groups in total. The standard InChI is InChI=1S/C17H21ClN2O2S/c1-10(2)8-12(9-21)19-16(22)15-11(3)23-17(20-15)13-6-4-5-7-14(13)18/h4-7,10,12,21H,8-9H2,1-3H3,(H,19,22)/t12-/m1/s1. The fourth-order valence-corrected chi connectivity index (χ4v) is 3.59. The number of aryl methyl sites for hydroxylation is 1. The molecule has 0 aliphatic heterocycles. The van der Waals surface area contributed by atoms with Crippen LogP contribution in [0.2, 0.25) is 5.02 Å². The summed E-state index contributed by atoms with van der Waals surface area (Å²) in [7, 11) is 0. The molecule has 2 aromatic rings. The van der Waals surface area contributed by atoms with Crippen LogP contribution in [0, 0.1) is 12.8 Å². The first-order valence-electron chi connectivity index (χ1n) is 7.56. The third-order valence-corrected chi connectivity index (χ3v) is 4.76. The van der Waals surface area contributed by atoms with E-state index in [9.17, 15) is 9.90 Å². The van der Waals surface area contributed by atoms with E-state index < -0.39 is 0 Å². The number of carbonyl (C=O) groups is 1. The number of rotatable bonds is 6. The van der Waals surface area contributed by atoms with Gasteiger partial charge in [0, 0.05) is 10.4 Å². The molecule has 2 rings (SSSR count). The number of hydrogen-bond acceptors (Lipinski definition) is 4. The zero-order valence-corrected chi connectivity index (χ0v) is 15.0. The van der Waals surface area contributed by atoms with E-state index >= 15 is 0 Å². The number of nitrogens with zero attached hydrogens (tertiary/aromatic N) is 1. The van der Waals surface area contributed by atoms with Gasteiger partial charge in [-0.3, -0.25) is 4.79 Å². The first kappa shape index (κ1) is 17.9. The van der Waals surface area contributed by atoms with Gasteiger partial charge in [0.1, 0.15) is 10.7 Å². The van der Waals surface area contributed by atoms with Crippen molar-refractivity contribution in [3.05, 3.63) is 39.9 Å². The zero-order chi connectivity index (χ0) is 17.0. The zero-order valence-electron chi connectivity index (χ0n) is 13.5. The van der Waals surface area contributed by atoms with Crippen LogP contribution in [-0.4, -0.2) is 28.6 Å². The Kier molecular flexibility index (Phi) is 6.16. The van der Waals surface area contributed by atoms with Crippen LogP contribution < -0.4 is 5.32 Å². The number of hydrogen-bond donors (Lipinski definition) is 2. The summed E-state index contributed by atoms with van der Waals surface area (Å²) in [5.74, 6) is 0.138. The summed E-state index contributed by atoms with van der Waals surface area (Å²) in [5.41, 5.74) is 1.22. The highest BCUT2D eigenvalue weighted by atomic mass is 35.5. The number of aliphatic hydroxyl groups is 1. The molecule has 0 bridgehead atoms. The molecule has 6 heteroatoms. The topological polar surface area (TPSA) is 62.2 Å². The van der Waals surface area contributed by atoms with Crippen LogP contribution in [0.4, 0.5) is 0 Å². The Hall–Kier alpha value is -1.43. The van der Waals surface area contributed by atoms with Crippen molar-refractivity contribution < 1.29 is 9.90 Å². The van der Waals surface area contributed by atoms with Gasteiger partial charge in [0.05, 0.1) is 17.7 Å². The number of aliphatic hydroxyl groups excluding tert-OH is 1. The quantitative estimate of drug-likeness (QED) is 0.828. The average Bonchev–Trinajstić information content (AvgIpc) is 2.88. The van der Waals surface area contributed by atoms with Gasteiger partial charge in [0.2, 0.25) is 0 Å². The fraction of sp³-hybridized carbons (Fsp3) is 0.412. The Labute approximate surface area is 145 Å². The van der Waals surface area contributed by atoms with Crippen molar-refractivity contribution in [3.8, 4) is 10.6 Å². The van der Waals surface area contributed by atoms with Crippen molar-refractivity contribution in [2.75, 3.05) is 6.61 Å². The Balaban J connectivity index is 2.21. The van der Waals surface area contributed by atoms with Gasteiger partial charge in [-0.1, -0.05) is 43.6 Å². The van der Waals surface area contributed by atoms with E-state index in [0.29, 0.717) is 16.6 Å². The second-order valence-electron chi connectivity index (χ2n) is 5.89. The van der Waals surface area contributed by atoms with Gasteiger partial charge in [-0.15, -0.1) is 11.3 Å². The molecule has 0 fully saturated rings. The van der Waals surface area contributed by atoms with Gasteiger partial charge in [-0.2, -0.15) is 0 Å². The summed E-state index contributed by atoms with van der Waals surface area (Å²) < 4.78 is 0. The molecule has 1 aromatic carbocycles. The Morgan fingerprint density at radius 3 is 2.70 bits per heavy atom. The van der Waals surface area contributed by atoms with Crippen molar-refractivity contribution in [1.82, 2.24) is 10.3 Å². The molecule has 1 aromatic heterocycles. The fourth-order valence-electron chi connectivity index (χ4n) is 2.36. The molecule has 0 aliphatic carbocycles. The molecule has 23 heavy (non-hydrogen) atoms. The number of carbonyl (C=O) groups excluding carboxylic acids is 1. The second-order valence-corrected chi connectivity index (χ2v) is 7.50. The van der Waals surface area contributed by atoms with Crippen molar-refractivity contribution in [1.29, 1.82) is 0 Å². The summed E-state index contributed by atoms with van der Waals surface area (Å²) >= 11 is 7.64. The molecule has 1 amide bonds. The van der Waals surface area contributed by atoms with Gasteiger partial charge < -0.3 is 10.4 Å². The highest BCUT2D eigenvalue weighted by molar-refractivity contribution is 7.15. The summed E-state index contributed by atoms with van der Waals surface area (Å²) in [5, 5.41) is 13.6. The Bertz CT molecular complexity index is 685. The Morgan fingerprint density at radius 1 is 1.39 bits per heavy atom. The smallest absolute Gasteiger partial charge is 0.271 e. The first-order valence-corrected chi connectivity index (χ1v) is 8.75. The lowest BCUT2D eigenvalue weighted by Crippen LogP contribution is -2.38. The van der Waals surface area contributed by atoms with E-state index in [1.807, 2.05) is 25.1 Å². The molecule has 0 unspecified atom stereocenters. The molecule has 0 radical (unpaired) electrons. The van der Waals surface area contributed by atoms with Crippen LogP contribution in [-0.2, 0) is 0 Å². The van der Waals surface area contributed by atoms with Crippen molar-refractivity contribution >= 4 is 28.8 Å². The van der Waals surface area contributed by atoms with Crippen molar-refractivity contribution in [2.24, 2.45) is 5.92 Å². The molecular weight excluding hydrogens is 332 g/mol. The van der Waals surface area contributed by atoms with Gasteiger partial charge in [-0.25, -0.2) is 4.98 Å². The third-order valence-electron chi connectivity index (χ3n) is 3.43. The Morgan fingerprint density at radius 2 is 2.09 bits per heavy atom. The lowest BCUT2D eigenvalue weighted by atomic mass is 10.0. The lowest BCUT2D eigenvalue weighted by Gasteiger charge is -2.17. The van der Waals surface area contributed by atoms with E-state index in [2.05, 4.69) is 24.1 Å². The minimum atomic E-state index is -0.257. The van der Waals surface area contributed by atoms with Crippen molar-refractivity contribution in [2.45, 2.75) is 33.2 Å². The molecule has 1 heterocycles. The highest BCUT2D eigenvalue weighted by Gasteiger charge is 2.20. The second kappa shape index (κ2) is 7.90. The van der Waals surface area contributed by atoms with Crippen LogP contribution >= 0.6 is 22.9 Å². The maximum atomic E-state index is 12.4. The monoisotopic (exact) mass is 352 g/mol. The molecule has 124 valence electrons. The maximum absolute atomic E-state index is 12.4. The largest absolute Gasteiger partial charge is 0.394 e. The van der Waals surface area contributed by atoms with E-state index in [4.69, 9.17) is 11.6 Å². The number of thiazole rings is 1. The lowest BCUT2D eigenvalue weighted by molar-refractivity contribution is 0.0903. The number of halogens is 1. The molecule has 0 aliphatic rings. The number of aromatic nitrogens is 1. The minimum Gasteiger partial charge on any atom is -0.394 e. The van der Waals surface area contributed by atoms with Crippen LogP contribution in [0.1, 0.15) is 35.6 Å². The van der Waals surface area contributed by atoms with E-state index in [-0.39, 0.29) is 18.6 Å². The van der Waals surface area contributed by atoms with E-state index in [0.717, 1.165) is 21.9 Å². The van der Waals surface area contributed by atoms with Gasteiger partial charge in [-0.05, 0) is 25.3 Å². The predicted octanol–water partition coefficient (Wildman–Crippen LogP) is 3.91. The van der Waals surface area contributed by atoms with Crippen LogP contribution in [0.25, 0.3) is 10.6 Å². The number of amides is 1. The molecule has 4 nitrogen and oxygen atoms in total. The average molecular weight is 353 g/mol. The van der Waals surface area contributed by atoms with E-state index in [1.165, 1.54) is 11.3 Å². The molecule has 0 spiro atoms. The highest BCUT2D eigenvalue weighted by Crippen LogP contribution is 2.32. The summed E-state index contributed by atoms with van der Waals surface area (Å²) in [6, 6.07) is 7.18. The molecule has 1 atom stereocenters. The molecular formula is C17H21ClN2O2S. The summed E-state index contributed by atoms with van der Waals surface area (Å²) in [6.07, 6.45) is 0.725. The third kappa shape index (κ3) is 4.53. The number of benzene rings is 1.